The molecule has 0 saturated heterocycles. The number of aromatic nitrogens is 2. The molecular weight excluding hydrogens is 250 g/mol. The van der Waals surface area contributed by atoms with Gasteiger partial charge in [-0.3, -0.25) is 4.79 Å². The number of fused-ring (bicyclic) bond motifs is 1. The monoisotopic (exact) mass is 269 g/mol. The van der Waals surface area contributed by atoms with Crippen molar-refractivity contribution in [2.75, 3.05) is 0 Å². The predicted molar refractivity (Wildman–Crippen MR) is 77.2 cm³/mol. The maximum absolute atomic E-state index is 11.9. The molecule has 0 spiro atoms. The van der Waals surface area contributed by atoms with Crippen LogP contribution in [0.3, 0.4) is 0 Å². The minimum Gasteiger partial charge on any atom is -0.349 e. The molecule has 1 aromatic heterocycles. The largest absolute Gasteiger partial charge is 0.349 e. The van der Waals surface area contributed by atoms with Gasteiger partial charge in [-0.15, -0.1) is 0 Å². The van der Waals surface area contributed by atoms with Gasteiger partial charge in [-0.25, -0.2) is 4.98 Å². The Kier molecular flexibility index (Phi) is 3.81. The van der Waals surface area contributed by atoms with Gasteiger partial charge in [0.15, 0.2) is 0 Å². The maximum atomic E-state index is 11.9. The van der Waals surface area contributed by atoms with Gasteiger partial charge in [-0.1, -0.05) is 18.2 Å². The van der Waals surface area contributed by atoms with Crippen molar-refractivity contribution in [3.8, 4) is 0 Å². The summed E-state index contributed by atoms with van der Waals surface area (Å²) in [5.74, 6) is 0.820. The van der Waals surface area contributed by atoms with Crippen LogP contribution in [0.2, 0.25) is 0 Å². The number of carbonyl (C=O) groups is 1. The second kappa shape index (κ2) is 5.90. The summed E-state index contributed by atoms with van der Waals surface area (Å²) in [6.07, 6.45) is 8.76. The SMILES string of the molecule is O=C(Cc1ccc2c(c1)CCCC2)NCc1ncc[nH]1. The summed E-state index contributed by atoms with van der Waals surface area (Å²) < 4.78 is 0. The van der Waals surface area contributed by atoms with Crippen molar-refractivity contribution in [1.82, 2.24) is 15.3 Å². The van der Waals surface area contributed by atoms with Crippen LogP contribution in [0.1, 0.15) is 35.4 Å². The fourth-order valence-corrected chi connectivity index (χ4v) is 2.72. The third-order valence-electron chi connectivity index (χ3n) is 3.79. The normalized spacial score (nSPS) is 13.8. The Bertz CT molecular complexity index is 590. The molecule has 0 aliphatic heterocycles. The average molecular weight is 269 g/mol. The fourth-order valence-electron chi connectivity index (χ4n) is 2.72. The highest BCUT2D eigenvalue weighted by Gasteiger charge is 2.11. The van der Waals surface area contributed by atoms with Crippen LogP contribution in [0.5, 0.6) is 0 Å². The van der Waals surface area contributed by atoms with Gasteiger partial charge in [0.2, 0.25) is 5.91 Å². The predicted octanol–water partition coefficient (Wildman–Crippen LogP) is 2.15. The van der Waals surface area contributed by atoms with E-state index in [2.05, 4.69) is 33.5 Å². The van der Waals surface area contributed by atoms with Gasteiger partial charge in [0.25, 0.3) is 0 Å². The lowest BCUT2D eigenvalue weighted by Crippen LogP contribution is -2.25. The molecule has 1 aliphatic carbocycles. The minimum atomic E-state index is 0.0390. The molecule has 0 saturated carbocycles. The number of benzene rings is 1. The Labute approximate surface area is 118 Å². The van der Waals surface area contributed by atoms with Crippen molar-refractivity contribution in [2.24, 2.45) is 0 Å². The lowest BCUT2D eigenvalue weighted by molar-refractivity contribution is -0.120. The minimum absolute atomic E-state index is 0.0390. The number of nitrogens with zero attached hydrogens (tertiary/aromatic N) is 1. The van der Waals surface area contributed by atoms with E-state index in [-0.39, 0.29) is 5.91 Å². The zero-order valence-corrected chi connectivity index (χ0v) is 11.5. The van der Waals surface area contributed by atoms with Crippen LogP contribution in [-0.4, -0.2) is 15.9 Å². The summed E-state index contributed by atoms with van der Waals surface area (Å²) in [5, 5.41) is 2.88. The smallest absolute Gasteiger partial charge is 0.224 e. The van der Waals surface area contributed by atoms with Gasteiger partial charge in [0.1, 0.15) is 5.82 Å². The van der Waals surface area contributed by atoms with Crippen molar-refractivity contribution in [3.05, 3.63) is 53.1 Å². The van der Waals surface area contributed by atoms with Crippen LogP contribution in [-0.2, 0) is 30.6 Å². The number of hydrogen-bond donors (Lipinski definition) is 2. The molecule has 4 nitrogen and oxygen atoms in total. The van der Waals surface area contributed by atoms with Crippen molar-refractivity contribution in [1.29, 1.82) is 0 Å². The number of aromatic amines is 1. The maximum Gasteiger partial charge on any atom is 0.224 e. The van der Waals surface area contributed by atoms with Crippen LogP contribution in [0.25, 0.3) is 0 Å². The lowest BCUT2D eigenvalue weighted by Gasteiger charge is -2.16. The van der Waals surface area contributed by atoms with E-state index in [9.17, 15) is 4.79 Å². The van der Waals surface area contributed by atoms with E-state index >= 15 is 0 Å². The molecule has 1 aliphatic rings. The second-order valence-electron chi connectivity index (χ2n) is 5.30. The highest BCUT2D eigenvalue weighted by Crippen LogP contribution is 2.22. The summed E-state index contributed by atoms with van der Waals surface area (Å²) in [4.78, 5) is 19.0. The number of aryl methyl sites for hydroxylation is 2. The zero-order chi connectivity index (χ0) is 13.8. The molecule has 2 aromatic rings. The molecular formula is C16H19N3O. The van der Waals surface area contributed by atoms with E-state index < -0.39 is 0 Å². The fraction of sp³-hybridized carbons (Fsp3) is 0.375. The van der Waals surface area contributed by atoms with Gasteiger partial charge in [0, 0.05) is 12.4 Å². The third kappa shape index (κ3) is 3.07. The summed E-state index contributed by atoms with van der Waals surface area (Å²) in [6, 6.07) is 6.46. The molecule has 1 amide bonds. The number of imidazole rings is 1. The summed E-state index contributed by atoms with van der Waals surface area (Å²) in [6.45, 7) is 0.455. The molecule has 1 heterocycles. The average Bonchev–Trinajstić information content (AvgIpc) is 2.98. The Morgan fingerprint density at radius 2 is 2.10 bits per heavy atom. The van der Waals surface area contributed by atoms with Gasteiger partial charge in [-0.05, 0) is 42.4 Å². The van der Waals surface area contributed by atoms with Crippen molar-refractivity contribution < 1.29 is 4.79 Å². The first-order valence-corrected chi connectivity index (χ1v) is 7.17. The van der Waals surface area contributed by atoms with E-state index in [1.165, 1.54) is 30.4 Å². The van der Waals surface area contributed by atoms with Crippen LogP contribution in [0.15, 0.2) is 30.6 Å². The van der Waals surface area contributed by atoms with E-state index in [4.69, 9.17) is 0 Å². The van der Waals surface area contributed by atoms with Gasteiger partial charge >= 0.3 is 0 Å². The van der Waals surface area contributed by atoms with E-state index in [0.717, 1.165) is 17.8 Å². The van der Waals surface area contributed by atoms with Crippen molar-refractivity contribution >= 4 is 5.91 Å². The highest BCUT2D eigenvalue weighted by molar-refractivity contribution is 5.78. The van der Waals surface area contributed by atoms with E-state index in [1.54, 1.807) is 12.4 Å². The number of carbonyl (C=O) groups excluding carboxylic acids is 1. The summed E-state index contributed by atoms with van der Waals surface area (Å²) in [7, 11) is 0. The number of hydrogen-bond acceptors (Lipinski definition) is 2. The first kappa shape index (κ1) is 12.9. The Morgan fingerprint density at radius 1 is 1.25 bits per heavy atom. The van der Waals surface area contributed by atoms with Crippen molar-refractivity contribution in [2.45, 2.75) is 38.6 Å². The molecule has 0 fully saturated rings. The Morgan fingerprint density at radius 3 is 2.90 bits per heavy atom. The molecule has 2 N–H and O–H groups in total. The first-order valence-electron chi connectivity index (χ1n) is 7.17. The quantitative estimate of drug-likeness (QED) is 0.893. The zero-order valence-electron chi connectivity index (χ0n) is 11.5. The Hall–Kier alpha value is -2.10. The Balaban J connectivity index is 1.58. The molecule has 0 bridgehead atoms. The molecule has 4 heteroatoms. The van der Waals surface area contributed by atoms with E-state index in [1.807, 2.05) is 0 Å². The third-order valence-corrected chi connectivity index (χ3v) is 3.79. The summed E-state index contributed by atoms with van der Waals surface area (Å²) >= 11 is 0. The molecule has 104 valence electrons. The number of rotatable bonds is 4. The first-order chi connectivity index (χ1) is 9.81. The number of nitrogens with one attached hydrogen (secondary N) is 2. The lowest BCUT2D eigenvalue weighted by atomic mass is 9.90. The number of amides is 1. The van der Waals surface area contributed by atoms with Crippen LogP contribution < -0.4 is 5.32 Å². The number of H-pyrrole nitrogens is 1. The summed E-state index contributed by atoms with van der Waals surface area (Å²) in [5.41, 5.74) is 3.98. The van der Waals surface area contributed by atoms with Gasteiger partial charge in [0.05, 0.1) is 13.0 Å². The van der Waals surface area contributed by atoms with Crippen LogP contribution in [0, 0.1) is 0 Å². The second-order valence-corrected chi connectivity index (χ2v) is 5.30. The highest BCUT2D eigenvalue weighted by atomic mass is 16.1. The van der Waals surface area contributed by atoms with Crippen LogP contribution in [0.4, 0.5) is 0 Å². The molecule has 20 heavy (non-hydrogen) atoms. The molecule has 0 radical (unpaired) electrons. The van der Waals surface area contributed by atoms with Crippen LogP contribution >= 0.6 is 0 Å². The molecule has 1 aromatic carbocycles. The standard InChI is InChI=1S/C16H19N3O/c20-16(19-11-15-17-7-8-18-15)10-12-5-6-13-3-1-2-4-14(13)9-12/h5-9H,1-4,10-11H2,(H,17,18)(H,19,20). The molecule has 3 rings (SSSR count). The molecule has 0 unspecified atom stereocenters. The van der Waals surface area contributed by atoms with Gasteiger partial charge < -0.3 is 10.3 Å². The van der Waals surface area contributed by atoms with E-state index in [0.29, 0.717) is 13.0 Å². The topological polar surface area (TPSA) is 57.8 Å². The van der Waals surface area contributed by atoms with Gasteiger partial charge in [-0.2, -0.15) is 0 Å². The molecule has 0 atom stereocenters. The van der Waals surface area contributed by atoms with Crippen molar-refractivity contribution in [3.63, 3.8) is 0 Å².